The molecule has 58 valence electrons. The van der Waals surface area contributed by atoms with E-state index in [1.807, 2.05) is 0 Å². The Bertz CT molecular complexity index is 441. The first-order chi connectivity index (χ1) is 5.27. The summed E-state index contributed by atoms with van der Waals surface area (Å²) in [5.41, 5.74) is 6.85. The summed E-state index contributed by atoms with van der Waals surface area (Å²) in [5, 5.41) is 0. The minimum Gasteiger partial charge on any atom is -0.369 e. The van der Waals surface area contributed by atoms with Gasteiger partial charge >= 0.3 is 0 Å². The van der Waals surface area contributed by atoms with Crippen molar-refractivity contribution in [3.8, 4) is 0 Å². The highest BCUT2D eigenvalue weighted by atomic mass is 32.1. The third-order valence-corrected chi connectivity index (χ3v) is 1.72. The molecule has 0 amide bonds. The SMILES string of the molecule is Nc1nc2nc[nH]c2c(=[SH2])[nH]1. The minimum atomic E-state index is 0.342. The number of H-pyrrole nitrogens is 2. The predicted octanol–water partition coefficient (Wildman–Crippen LogP) is 0.0623. The summed E-state index contributed by atoms with van der Waals surface area (Å²) in [4.78, 5) is 13.6. The van der Waals surface area contributed by atoms with Crippen molar-refractivity contribution >= 4 is 29.3 Å². The fourth-order valence-corrected chi connectivity index (χ4v) is 1.20. The van der Waals surface area contributed by atoms with Crippen LogP contribution in [0.2, 0.25) is 0 Å². The van der Waals surface area contributed by atoms with Crippen LogP contribution >= 0.6 is 12.2 Å². The Morgan fingerprint density at radius 1 is 1.55 bits per heavy atom. The minimum absolute atomic E-state index is 0.342. The van der Waals surface area contributed by atoms with E-state index in [2.05, 4.69) is 32.2 Å². The number of rotatable bonds is 0. The van der Waals surface area contributed by atoms with Gasteiger partial charge < -0.3 is 15.7 Å². The average molecular weight is 169 g/mol. The zero-order chi connectivity index (χ0) is 7.84. The molecule has 0 atom stereocenters. The Morgan fingerprint density at radius 3 is 3.18 bits per heavy atom. The van der Waals surface area contributed by atoms with Crippen molar-refractivity contribution in [1.82, 2.24) is 19.9 Å². The second-order valence-corrected chi connectivity index (χ2v) is 2.60. The van der Waals surface area contributed by atoms with Crippen molar-refractivity contribution in [3.05, 3.63) is 11.0 Å². The lowest BCUT2D eigenvalue weighted by molar-refractivity contribution is 1.20. The highest BCUT2D eigenvalue weighted by Crippen LogP contribution is 2.06. The van der Waals surface area contributed by atoms with Crippen LogP contribution in [-0.2, 0) is 0 Å². The van der Waals surface area contributed by atoms with E-state index in [0.717, 1.165) is 10.2 Å². The van der Waals surface area contributed by atoms with Gasteiger partial charge in [-0.1, -0.05) is 0 Å². The number of aromatic nitrogens is 4. The van der Waals surface area contributed by atoms with Gasteiger partial charge in [0.1, 0.15) is 5.52 Å². The van der Waals surface area contributed by atoms with Crippen LogP contribution in [0, 0.1) is 4.64 Å². The van der Waals surface area contributed by atoms with Crippen molar-refractivity contribution < 1.29 is 0 Å². The summed E-state index contributed by atoms with van der Waals surface area (Å²) in [6.45, 7) is 0. The Hall–Kier alpha value is -1.30. The third kappa shape index (κ3) is 0.911. The van der Waals surface area contributed by atoms with E-state index in [1.54, 1.807) is 6.33 Å². The molecule has 0 aliphatic carbocycles. The Morgan fingerprint density at radius 2 is 2.36 bits per heavy atom. The number of nitrogens with zero attached hydrogens (tertiary/aromatic N) is 2. The number of nitrogens with two attached hydrogens (primary N) is 1. The van der Waals surface area contributed by atoms with Crippen molar-refractivity contribution in [2.24, 2.45) is 0 Å². The molecule has 0 radical (unpaired) electrons. The van der Waals surface area contributed by atoms with E-state index in [-0.39, 0.29) is 0 Å². The molecule has 2 heterocycles. The van der Waals surface area contributed by atoms with Crippen LogP contribution in [0.5, 0.6) is 0 Å². The molecule has 2 aromatic heterocycles. The van der Waals surface area contributed by atoms with Gasteiger partial charge in [0.05, 0.1) is 11.0 Å². The molecule has 0 aromatic carbocycles. The van der Waals surface area contributed by atoms with Gasteiger partial charge in [0.15, 0.2) is 11.6 Å². The second kappa shape index (κ2) is 2.09. The van der Waals surface area contributed by atoms with Crippen LogP contribution < -0.4 is 5.73 Å². The van der Waals surface area contributed by atoms with Gasteiger partial charge in [0.2, 0.25) is 0 Å². The van der Waals surface area contributed by atoms with Gasteiger partial charge in [-0.25, -0.2) is 4.98 Å². The molecule has 0 aliphatic heterocycles. The fourth-order valence-electron chi connectivity index (χ4n) is 0.888. The standard InChI is InChI=1S/C5H7N5S/c6-5-9-3-2(4(11)10-5)7-1-8-3/h1H,11H2,(H,7,8)(H3,6,9,10). The molecular weight excluding hydrogens is 162 g/mol. The van der Waals surface area contributed by atoms with E-state index in [1.165, 1.54) is 0 Å². The maximum Gasteiger partial charge on any atom is 0.200 e. The van der Waals surface area contributed by atoms with Crippen molar-refractivity contribution in [2.75, 3.05) is 5.73 Å². The van der Waals surface area contributed by atoms with Crippen molar-refractivity contribution in [1.29, 1.82) is 0 Å². The normalized spacial score (nSPS) is 10.6. The lowest BCUT2D eigenvalue weighted by Crippen LogP contribution is -1.94. The van der Waals surface area contributed by atoms with Crippen LogP contribution in [0.25, 0.3) is 11.2 Å². The Kier molecular flexibility index (Phi) is 1.22. The highest BCUT2D eigenvalue weighted by Gasteiger charge is 1.98. The lowest BCUT2D eigenvalue weighted by Gasteiger charge is -1.92. The molecule has 0 spiro atoms. The summed E-state index contributed by atoms with van der Waals surface area (Å²) >= 11 is 3.33. The van der Waals surface area contributed by atoms with Crippen LogP contribution in [0.15, 0.2) is 6.33 Å². The molecule has 6 heteroatoms. The molecule has 5 nitrogen and oxygen atoms in total. The summed E-state index contributed by atoms with van der Waals surface area (Å²) < 4.78 is 0.755. The number of aromatic amines is 2. The van der Waals surface area contributed by atoms with Gasteiger partial charge in [-0.05, 0) is 0 Å². The molecule has 0 unspecified atom stereocenters. The number of nitrogen functional groups attached to an aromatic ring is 1. The number of imidazole rings is 1. The first-order valence-corrected chi connectivity index (χ1v) is 3.51. The zero-order valence-electron chi connectivity index (χ0n) is 5.55. The van der Waals surface area contributed by atoms with Crippen molar-refractivity contribution in [3.63, 3.8) is 0 Å². The van der Waals surface area contributed by atoms with Gasteiger partial charge in [-0.15, -0.1) is 0 Å². The third-order valence-electron chi connectivity index (χ3n) is 1.35. The van der Waals surface area contributed by atoms with Gasteiger partial charge in [-0.3, -0.25) is 0 Å². The first kappa shape index (κ1) is 6.41. The van der Waals surface area contributed by atoms with E-state index < -0.39 is 0 Å². The highest BCUT2D eigenvalue weighted by molar-refractivity contribution is 7.71. The molecule has 0 aliphatic rings. The summed E-state index contributed by atoms with van der Waals surface area (Å²) in [5.74, 6) is 0.342. The van der Waals surface area contributed by atoms with Gasteiger partial charge in [-0.2, -0.15) is 17.2 Å². The number of anilines is 1. The summed E-state index contributed by atoms with van der Waals surface area (Å²) in [7, 11) is 0. The molecular formula is C5H7N5S. The van der Waals surface area contributed by atoms with E-state index in [0.29, 0.717) is 11.6 Å². The monoisotopic (exact) mass is 169 g/mol. The van der Waals surface area contributed by atoms with Gasteiger partial charge in [0.25, 0.3) is 0 Å². The number of hydrogen-bond donors (Lipinski definition) is 3. The number of hydrogen-bond acceptors (Lipinski definition) is 3. The van der Waals surface area contributed by atoms with E-state index in [4.69, 9.17) is 5.73 Å². The zero-order valence-corrected chi connectivity index (χ0v) is 6.55. The summed E-state index contributed by atoms with van der Waals surface area (Å²) in [6, 6.07) is 0. The second-order valence-electron chi connectivity index (χ2n) is 2.10. The molecule has 2 aromatic rings. The Labute approximate surface area is 66.7 Å². The maximum absolute atomic E-state index is 5.43. The quantitative estimate of drug-likeness (QED) is 0.488. The molecule has 2 rings (SSSR count). The Balaban J connectivity index is 3.02. The van der Waals surface area contributed by atoms with Crippen LogP contribution in [-0.4, -0.2) is 19.9 Å². The molecule has 11 heavy (non-hydrogen) atoms. The molecule has 0 fully saturated rings. The molecule has 0 saturated heterocycles. The fraction of sp³-hybridized carbons (Fsp3) is 0. The van der Waals surface area contributed by atoms with Gasteiger partial charge in [0, 0.05) is 0 Å². The number of nitrogens with one attached hydrogen (secondary N) is 2. The largest absolute Gasteiger partial charge is 0.369 e. The van der Waals surface area contributed by atoms with Crippen LogP contribution in [0.4, 0.5) is 5.95 Å². The topological polar surface area (TPSA) is 83.4 Å². The smallest absolute Gasteiger partial charge is 0.200 e. The average Bonchev–Trinajstić information content (AvgIpc) is 2.34. The predicted molar refractivity (Wildman–Crippen MR) is 46.3 cm³/mol. The van der Waals surface area contributed by atoms with Crippen LogP contribution in [0.1, 0.15) is 0 Å². The van der Waals surface area contributed by atoms with E-state index in [9.17, 15) is 0 Å². The number of fused-ring (bicyclic) bond motifs is 1. The molecule has 0 bridgehead atoms. The van der Waals surface area contributed by atoms with E-state index >= 15 is 0 Å². The maximum atomic E-state index is 5.43. The molecule has 4 N–H and O–H groups in total. The summed E-state index contributed by atoms with van der Waals surface area (Å²) in [6.07, 6.45) is 1.56. The molecule has 0 saturated carbocycles. The van der Waals surface area contributed by atoms with Crippen molar-refractivity contribution in [2.45, 2.75) is 0 Å². The van der Waals surface area contributed by atoms with Crippen LogP contribution in [0.3, 0.4) is 0 Å². The first-order valence-electron chi connectivity index (χ1n) is 3.01. The lowest BCUT2D eigenvalue weighted by atomic mass is 10.6.